The van der Waals surface area contributed by atoms with Gasteiger partial charge in [-0.05, 0) is 0 Å². The highest BCUT2D eigenvalue weighted by Gasteiger charge is 2.48. The van der Waals surface area contributed by atoms with E-state index in [1.807, 2.05) is 27.7 Å². The van der Waals surface area contributed by atoms with Gasteiger partial charge in [-0.15, -0.1) is 0 Å². The second kappa shape index (κ2) is 3.05. The van der Waals surface area contributed by atoms with Crippen LogP contribution < -0.4 is 5.73 Å². The minimum absolute atomic E-state index is 0.407. The minimum Gasteiger partial charge on any atom is -0.392 e. The highest BCUT2D eigenvalue weighted by Crippen LogP contribution is 2.40. The summed E-state index contributed by atoms with van der Waals surface area (Å²) < 4.78 is 0. The van der Waals surface area contributed by atoms with Crippen molar-refractivity contribution in [1.29, 1.82) is 0 Å². The second-order valence-electron chi connectivity index (χ2n) is 5.13. The van der Waals surface area contributed by atoms with Gasteiger partial charge < -0.3 is 10.8 Å². The van der Waals surface area contributed by atoms with E-state index in [1.54, 1.807) is 6.21 Å². The van der Waals surface area contributed by atoms with Crippen molar-refractivity contribution in [3.05, 3.63) is 0 Å². The number of hydrogen-bond donors (Lipinski definition) is 2. The van der Waals surface area contributed by atoms with Crippen LogP contribution in [0, 0.1) is 10.8 Å². The molecular weight excluding hydrogens is 180 g/mol. The monoisotopic (exact) mass is 198 g/mol. The Morgan fingerprint density at radius 3 is 2.36 bits per heavy atom. The fourth-order valence-electron chi connectivity index (χ4n) is 2.08. The van der Waals surface area contributed by atoms with Gasteiger partial charge in [0.25, 0.3) is 0 Å². The van der Waals surface area contributed by atoms with Gasteiger partial charge in [0.05, 0.1) is 6.10 Å². The van der Waals surface area contributed by atoms with Crippen LogP contribution in [0.15, 0.2) is 4.99 Å². The van der Waals surface area contributed by atoms with Crippen LogP contribution >= 0.6 is 0 Å². The Balaban J connectivity index is 3.13. The van der Waals surface area contributed by atoms with Crippen molar-refractivity contribution in [3.8, 4) is 0 Å². The molecule has 4 nitrogen and oxygen atoms in total. The molecule has 0 radical (unpaired) electrons. The smallest absolute Gasteiger partial charge is 0.242 e. The van der Waals surface area contributed by atoms with Crippen molar-refractivity contribution in [2.45, 2.75) is 39.8 Å². The summed E-state index contributed by atoms with van der Waals surface area (Å²) in [4.78, 5) is 15.2. The molecular formula is C10H18N2O2. The molecule has 0 saturated carbocycles. The SMILES string of the molecule is CC1(C)C=N[C@H](C(N)=O)C(C)(C)[C@H]1O. The molecule has 14 heavy (non-hydrogen) atoms. The summed E-state index contributed by atoms with van der Waals surface area (Å²) in [7, 11) is 0. The summed E-state index contributed by atoms with van der Waals surface area (Å²) in [6.07, 6.45) is 1.00. The van der Waals surface area contributed by atoms with Crippen LogP contribution in [0.25, 0.3) is 0 Å². The maximum atomic E-state index is 11.1. The van der Waals surface area contributed by atoms with Gasteiger partial charge in [-0.25, -0.2) is 0 Å². The third-order valence-corrected chi connectivity index (χ3v) is 2.94. The predicted octanol–water partition coefficient (Wildman–Crippen LogP) is 0.338. The van der Waals surface area contributed by atoms with Crippen molar-refractivity contribution in [1.82, 2.24) is 0 Å². The van der Waals surface area contributed by atoms with Gasteiger partial charge in [-0.3, -0.25) is 9.79 Å². The van der Waals surface area contributed by atoms with Crippen LogP contribution in [-0.4, -0.2) is 29.4 Å². The van der Waals surface area contributed by atoms with E-state index in [9.17, 15) is 9.90 Å². The second-order valence-corrected chi connectivity index (χ2v) is 5.13. The van der Waals surface area contributed by atoms with E-state index in [-0.39, 0.29) is 0 Å². The number of hydrogen-bond acceptors (Lipinski definition) is 3. The van der Waals surface area contributed by atoms with Crippen molar-refractivity contribution < 1.29 is 9.90 Å². The number of rotatable bonds is 1. The number of nitrogens with zero attached hydrogens (tertiary/aromatic N) is 1. The number of aliphatic hydroxyl groups is 1. The number of amides is 1. The number of aliphatic imine (C=N–C) groups is 1. The first-order valence-corrected chi connectivity index (χ1v) is 4.71. The van der Waals surface area contributed by atoms with Crippen LogP contribution in [-0.2, 0) is 4.79 Å². The van der Waals surface area contributed by atoms with Gasteiger partial charge in [0.1, 0.15) is 6.04 Å². The van der Waals surface area contributed by atoms with Crippen molar-refractivity contribution in [2.24, 2.45) is 21.6 Å². The zero-order valence-electron chi connectivity index (χ0n) is 9.11. The molecule has 0 aromatic carbocycles. The molecule has 0 unspecified atom stereocenters. The number of carbonyl (C=O) groups excluding carboxylic acids is 1. The molecule has 0 aliphatic carbocycles. The zero-order valence-corrected chi connectivity index (χ0v) is 9.11. The third-order valence-electron chi connectivity index (χ3n) is 2.94. The van der Waals surface area contributed by atoms with E-state index in [1.165, 1.54) is 0 Å². The molecule has 1 amide bonds. The molecule has 2 atom stereocenters. The van der Waals surface area contributed by atoms with Gasteiger partial charge >= 0.3 is 0 Å². The van der Waals surface area contributed by atoms with Crippen LogP contribution in [0.4, 0.5) is 0 Å². The Morgan fingerprint density at radius 1 is 1.43 bits per heavy atom. The molecule has 1 heterocycles. The summed E-state index contributed by atoms with van der Waals surface area (Å²) in [6, 6.07) is -0.634. The molecule has 0 spiro atoms. The number of carbonyl (C=O) groups is 1. The van der Waals surface area contributed by atoms with Crippen LogP contribution in [0.3, 0.4) is 0 Å². The van der Waals surface area contributed by atoms with Crippen LogP contribution in [0.1, 0.15) is 27.7 Å². The van der Waals surface area contributed by atoms with Gasteiger partial charge in [-0.2, -0.15) is 0 Å². The van der Waals surface area contributed by atoms with E-state index in [4.69, 9.17) is 5.73 Å². The fraction of sp³-hybridized carbons (Fsp3) is 0.800. The number of primary amides is 1. The Labute approximate surface area is 84.2 Å². The summed E-state index contributed by atoms with van der Waals surface area (Å²) >= 11 is 0. The minimum atomic E-state index is -0.634. The van der Waals surface area contributed by atoms with Crippen LogP contribution in [0.5, 0.6) is 0 Å². The van der Waals surface area contributed by atoms with Crippen LogP contribution in [0.2, 0.25) is 0 Å². The Bertz CT molecular complexity index is 282. The standard InChI is InChI=1S/C10H18N2O2/c1-9(2)5-12-6(7(11)13)10(3,4)8(9)14/h5-6,8,14H,1-4H3,(H2,11,13)/t6-,8+/m1/s1. The molecule has 80 valence electrons. The van der Waals surface area contributed by atoms with Crippen molar-refractivity contribution in [2.75, 3.05) is 0 Å². The van der Waals surface area contributed by atoms with Gasteiger partial charge in [0.2, 0.25) is 5.91 Å². The summed E-state index contributed by atoms with van der Waals surface area (Å²) in [5, 5.41) is 10.1. The Kier molecular flexibility index (Phi) is 2.44. The maximum Gasteiger partial charge on any atom is 0.242 e. The average Bonchev–Trinajstić information content (AvgIpc) is 1.99. The lowest BCUT2D eigenvalue weighted by Crippen LogP contribution is -2.55. The van der Waals surface area contributed by atoms with Crippen molar-refractivity contribution in [3.63, 3.8) is 0 Å². The zero-order chi connectivity index (χ0) is 11.1. The lowest BCUT2D eigenvalue weighted by molar-refractivity contribution is -0.126. The largest absolute Gasteiger partial charge is 0.392 e. The first kappa shape index (κ1) is 11.2. The van der Waals surface area contributed by atoms with E-state index >= 15 is 0 Å². The van der Waals surface area contributed by atoms with Crippen molar-refractivity contribution >= 4 is 12.1 Å². The topological polar surface area (TPSA) is 75.7 Å². The van der Waals surface area contributed by atoms with Gasteiger partial charge in [-0.1, -0.05) is 27.7 Å². The third kappa shape index (κ3) is 1.54. The van der Waals surface area contributed by atoms with Gasteiger partial charge in [0, 0.05) is 17.0 Å². The first-order valence-electron chi connectivity index (χ1n) is 4.71. The fourth-order valence-corrected chi connectivity index (χ4v) is 2.08. The Hall–Kier alpha value is -0.900. The van der Waals surface area contributed by atoms with Gasteiger partial charge in [0.15, 0.2) is 0 Å². The molecule has 1 aliphatic heterocycles. The molecule has 4 heteroatoms. The molecule has 0 fully saturated rings. The van der Waals surface area contributed by atoms with E-state index in [0.29, 0.717) is 0 Å². The highest BCUT2D eigenvalue weighted by atomic mass is 16.3. The number of aliphatic hydroxyl groups excluding tert-OH is 1. The van der Waals surface area contributed by atoms with E-state index in [0.717, 1.165) is 0 Å². The summed E-state index contributed by atoms with van der Waals surface area (Å²) in [5.74, 6) is -0.485. The maximum absolute atomic E-state index is 11.1. The molecule has 1 aliphatic rings. The summed E-state index contributed by atoms with van der Waals surface area (Å²) in [6.45, 7) is 7.40. The molecule has 0 bridgehead atoms. The molecule has 0 aromatic rings. The lowest BCUT2D eigenvalue weighted by Gasteiger charge is -2.45. The predicted molar refractivity (Wildman–Crippen MR) is 55.0 cm³/mol. The number of nitrogens with two attached hydrogens (primary N) is 1. The normalized spacial score (nSPS) is 34.1. The molecule has 1 rings (SSSR count). The molecule has 0 aromatic heterocycles. The van der Waals surface area contributed by atoms with E-state index < -0.39 is 28.9 Å². The molecule has 0 saturated heterocycles. The Morgan fingerprint density at radius 2 is 1.93 bits per heavy atom. The average molecular weight is 198 g/mol. The summed E-state index contributed by atoms with van der Waals surface area (Å²) in [5.41, 5.74) is 4.22. The molecule has 3 N–H and O–H groups in total. The highest BCUT2D eigenvalue weighted by molar-refractivity contribution is 5.84. The van der Waals surface area contributed by atoms with E-state index in [2.05, 4.69) is 4.99 Å². The quantitative estimate of drug-likeness (QED) is 0.637. The first-order chi connectivity index (χ1) is 6.19. The lowest BCUT2D eigenvalue weighted by atomic mass is 9.66.